The highest BCUT2D eigenvalue weighted by molar-refractivity contribution is 7.86. The number of aromatic nitrogens is 3. The summed E-state index contributed by atoms with van der Waals surface area (Å²) in [5.41, 5.74) is 6.98. The van der Waals surface area contributed by atoms with Gasteiger partial charge in [0, 0.05) is 49.2 Å². The minimum Gasteiger partial charge on any atom is -0.309 e. The topological polar surface area (TPSA) is 47.8 Å². The summed E-state index contributed by atoms with van der Waals surface area (Å²) in [6.45, 7) is 0. The minimum atomic E-state index is -3.07. The molecular weight excluding hydrogens is 521 g/mol. The van der Waals surface area contributed by atoms with Crippen LogP contribution in [0.4, 0.5) is 0 Å². The molecule has 5 heteroatoms. The van der Waals surface area contributed by atoms with Gasteiger partial charge in [0.25, 0.3) is 0 Å². The molecule has 5 aromatic carbocycles. The molecule has 0 saturated heterocycles. The van der Waals surface area contributed by atoms with Gasteiger partial charge in [0.05, 0.1) is 34.0 Å². The van der Waals surface area contributed by atoms with Gasteiger partial charge in [0.15, 0.2) is 7.14 Å². The molecule has 41 heavy (non-hydrogen) atoms. The van der Waals surface area contributed by atoms with Gasteiger partial charge >= 0.3 is 0 Å². The number of para-hydroxylation sites is 1. The maximum Gasteiger partial charge on any atom is 0.172 e. The van der Waals surface area contributed by atoms with Crippen LogP contribution in [0.25, 0.3) is 60.4 Å². The molecule has 0 amide bonds. The molecule has 192 valence electrons. The molecule has 1 atom stereocenters. The molecule has 1 unspecified atom stereocenters. The Morgan fingerprint density at radius 1 is 0.610 bits per heavy atom. The molecule has 0 bridgehead atoms. The summed E-state index contributed by atoms with van der Waals surface area (Å²) in [5.74, 6) is 0. The fourth-order valence-electron chi connectivity index (χ4n) is 6.70. The largest absolute Gasteiger partial charge is 0.309 e. The third-order valence-corrected chi connectivity index (χ3v) is 11.6. The number of nitrogens with zero attached hydrogens (tertiary/aromatic N) is 3. The van der Waals surface area contributed by atoms with Crippen LogP contribution in [0.2, 0.25) is 0 Å². The van der Waals surface area contributed by atoms with Gasteiger partial charge in [-0.25, -0.2) is 0 Å². The molecule has 1 aliphatic rings. The second-order valence-electron chi connectivity index (χ2n) is 10.6. The van der Waals surface area contributed by atoms with Gasteiger partial charge in [-0.2, -0.15) is 0 Å². The van der Waals surface area contributed by atoms with Crippen molar-refractivity contribution in [2.24, 2.45) is 0 Å². The highest BCUT2D eigenvalue weighted by Crippen LogP contribution is 2.54. The van der Waals surface area contributed by atoms with Crippen LogP contribution < -0.4 is 15.9 Å². The summed E-state index contributed by atoms with van der Waals surface area (Å²) in [7, 11) is -3.07. The van der Waals surface area contributed by atoms with E-state index in [0.717, 1.165) is 76.3 Å². The molecule has 0 spiro atoms. The minimum absolute atomic E-state index is 0.861. The lowest BCUT2D eigenvalue weighted by Gasteiger charge is -2.16. The van der Waals surface area contributed by atoms with Crippen molar-refractivity contribution < 1.29 is 4.57 Å². The quantitative estimate of drug-likeness (QED) is 0.168. The molecule has 8 aromatic rings. The van der Waals surface area contributed by atoms with Gasteiger partial charge in [0.2, 0.25) is 0 Å². The van der Waals surface area contributed by atoms with Gasteiger partial charge < -0.3 is 9.13 Å². The molecular formula is C36H22N3OP. The normalized spacial score (nSPS) is 16.0. The van der Waals surface area contributed by atoms with E-state index in [0.29, 0.717) is 0 Å². The molecule has 0 N–H and O–H groups in total. The SMILES string of the molecule is O=P1(c2ccccc2)c2ccccc2-c2c1ccc1c3ccccc3n(-c3cnc4c(ccc5cccnc54)c3)c21. The Labute approximate surface area is 235 Å². The smallest absolute Gasteiger partial charge is 0.172 e. The maximum absolute atomic E-state index is 15.2. The van der Waals surface area contributed by atoms with Crippen molar-refractivity contribution in [2.75, 3.05) is 0 Å². The van der Waals surface area contributed by atoms with Gasteiger partial charge in [0.1, 0.15) is 0 Å². The van der Waals surface area contributed by atoms with E-state index in [1.165, 1.54) is 0 Å². The van der Waals surface area contributed by atoms with Crippen LogP contribution >= 0.6 is 7.14 Å². The molecule has 0 fully saturated rings. The van der Waals surface area contributed by atoms with Crippen LogP contribution in [-0.4, -0.2) is 14.5 Å². The Morgan fingerprint density at radius 2 is 1.39 bits per heavy atom. The van der Waals surface area contributed by atoms with E-state index in [1.807, 2.05) is 67.0 Å². The third kappa shape index (κ3) is 2.97. The van der Waals surface area contributed by atoms with E-state index in [2.05, 4.69) is 76.3 Å². The molecule has 0 radical (unpaired) electrons. The zero-order valence-electron chi connectivity index (χ0n) is 21.9. The lowest BCUT2D eigenvalue weighted by Crippen LogP contribution is -2.20. The Morgan fingerprint density at radius 3 is 2.32 bits per heavy atom. The number of rotatable bonds is 2. The number of hydrogen-bond donors (Lipinski definition) is 0. The lowest BCUT2D eigenvalue weighted by molar-refractivity contribution is 0.593. The number of benzene rings is 5. The van der Waals surface area contributed by atoms with Crippen LogP contribution in [0, 0.1) is 0 Å². The lowest BCUT2D eigenvalue weighted by atomic mass is 10.0. The van der Waals surface area contributed by atoms with Crippen LogP contribution in [0.15, 0.2) is 134 Å². The summed E-state index contributed by atoms with van der Waals surface area (Å²) in [6, 6.07) is 41.3. The molecule has 3 aromatic heterocycles. The Hall–Kier alpha value is -5.05. The predicted octanol–water partition coefficient (Wildman–Crippen LogP) is 7.50. The molecule has 1 aliphatic heterocycles. The first-order valence-corrected chi connectivity index (χ1v) is 15.4. The monoisotopic (exact) mass is 543 g/mol. The Bertz CT molecular complexity index is 2410. The van der Waals surface area contributed by atoms with E-state index >= 15 is 4.57 Å². The standard InChI is InChI=1S/C36H22N3OP/c40-41(26-10-2-1-3-11-26)31-15-7-5-13-29(31)33-32(41)19-18-28-27-12-4-6-14-30(27)39(36(28)33)25-21-24-17-16-23-9-8-20-37-34(23)35(24)38-22-25/h1-22H. The summed E-state index contributed by atoms with van der Waals surface area (Å²) in [4.78, 5) is 9.57. The van der Waals surface area contributed by atoms with Crippen LogP contribution in [0.5, 0.6) is 0 Å². The summed E-state index contributed by atoms with van der Waals surface area (Å²) in [6.07, 6.45) is 3.76. The second kappa shape index (κ2) is 8.23. The van der Waals surface area contributed by atoms with Crippen LogP contribution in [-0.2, 0) is 4.57 Å². The second-order valence-corrected chi connectivity index (χ2v) is 13.3. The van der Waals surface area contributed by atoms with Crippen molar-refractivity contribution in [1.29, 1.82) is 0 Å². The van der Waals surface area contributed by atoms with Crippen molar-refractivity contribution in [3.8, 4) is 16.8 Å². The number of hydrogen-bond acceptors (Lipinski definition) is 3. The predicted molar refractivity (Wildman–Crippen MR) is 170 cm³/mol. The fourth-order valence-corrected chi connectivity index (χ4v) is 9.75. The van der Waals surface area contributed by atoms with Gasteiger partial charge in [-0.3, -0.25) is 9.97 Å². The molecule has 4 heterocycles. The highest BCUT2D eigenvalue weighted by atomic mass is 31.2. The average Bonchev–Trinajstić information content (AvgIpc) is 3.52. The van der Waals surface area contributed by atoms with E-state index in [4.69, 9.17) is 4.98 Å². The maximum atomic E-state index is 15.2. The van der Waals surface area contributed by atoms with Gasteiger partial charge in [-0.1, -0.05) is 97.1 Å². The van der Waals surface area contributed by atoms with E-state index in [9.17, 15) is 0 Å². The summed E-state index contributed by atoms with van der Waals surface area (Å²) in [5, 5.41) is 7.05. The number of pyridine rings is 2. The van der Waals surface area contributed by atoms with Crippen molar-refractivity contribution in [1.82, 2.24) is 14.5 Å². The van der Waals surface area contributed by atoms with Crippen molar-refractivity contribution >= 4 is 66.7 Å². The molecule has 0 saturated carbocycles. The van der Waals surface area contributed by atoms with E-state index in [-0.39, 0.29) is 0 Å². The molecule has 0 aliphatic carbocycles. The number of fused-ring (bicyclic) bond motifs is 10. The molecule has 9 rings (SSSR count). The first kappa shape index (κ1) is 22.7. The zero-order chi connectivity index (χ0) is 27.1. The summed E-state index contributed by atoms with van der Waals surface area (Å²) >= 11 is 0. The van der Waals surface area contributed by atoms with Crippen LogP contribution in [0.1, 0.15) is 0 Å². The van der Waals surface area contributed by atoms with Crippen molar-refractivity contribution in [2.45, 2.75) is 0 Å². The van der Waals surface area contributed by atoms with Crippen LogP contribution in [0.3, 0.4) is 0 Å². The average molecular weight is 544 g/mol. The van der Waals surface area contributed by atoms with E-state index in [1.54, 1.807) is 0 Å². The van der Waals surface area contributed by atoms with Gasteiger partial charge in [-0.05, 0) is 29.8 Å². The molecule has 4 nitrogen and oxygen atoms in total. The first-order chi connectivity index (χ1) is 20.2. The Kier molecular flexibility index (Phi) is 4.57. The van der Waals surface area contributed by atoms with E-state index < -0.39 is 7.14 Å². The first-order valence-electron chi connectivity index (χ1n) is 13.7. The highest BCUT2D eigenvalue weighted by Gasteiger charge is 2.41. The van der Waals surface area contributed by atoms with Crippen molar-refractivity contribution in [3.05, 3.63) is 134 Å². The third-order valence-electron chi connectivity index (χ3n) is 8.45. The summed E-state index contributed by atoms with van der Waals surface area (Å²) < 4.78 is 17.5. The Balaban J connectivity index is 1.43. The van der Waals surface area contributed by atoms with Crippen molar-refractivity contribution in [3.63, 3.8) is 0 Å². The van der Waals surface area contributed by atoms with Gasteiger partial charge in [-0.15, -0.1) is 0 Å². The zero-order valence-corrected chi connectivity index (χ0v) is 22.8. The fraction of sp³-hybridized carbons (Fsp3) is 0.